The van der Waals surface area contributed by atoms with Crippen molar-refractivity contribution in [3.63, 3.8) is 0 Å². The van der Waals surface area contributed by atoms with E-state index in [0.717, 1.165) is 0 Å². The van der Waals surface area contributed by atoms with E-state index in [0.29, 0.717) is 29.4 Å². The number of nitrogen functional groups attached to an aromatic ring is 1. The van der Waals surface area contributed by atoms with Gasteiger partial charge in [0, 0.05) is 7.11 Å². The van der Waals surface area contributed by atoms with Gasteiger partial charge in [0.1, 0.15) is 23.2 Å². The minimum atomic E-state index is 0.363. The van der Waals surface area contributed by atoms with E-state index in [1.54, 1.807) is 7.11 Å². The van der Waals surface area contributed by atoms with Gasteiger partial charge in [-0.05, 0) is 15.9 Å². The van der Waals surface area contributed by atoms with Crippen molar-refractivity contribution >= 4 is 21.7 Å². The van der Waals surface area contributed by atoms with Crippen LogP contribution in [0.3, 0.4) is 0 Å². The maximum absolute atomic E-state index is 5.52. The molecule has 0 fully saturated rings. The quantitative estimate of drug-likeness (QED) is 0.799. The zero-order valence-electron chi connectivity index (χ0n) is 7.16. The van der Waals surface area contributed by atoms with Gasteiger partial charge in [-0.3, -0.25) is 0 Å². The number of methoxy groups -OCH3 is 1. The van der Waals surface area contributed by atoms with Crippen molar-refractivity contribution in [3.05, 3.63) is 10.8 Å². The molecule has 0 aliphatic carbocycles. The Morgan fingerprint density at radius 2 is 2.23 bits per heavy atom. The highest BCUT2D eigenvalue weighted by atomic mass is 79.9. The highest BCUT2D eigenvalue weighted by Gasteiger charge is 2.05. The summed E-state index contributed by atoms with van der Waals surface area (Å²) in [6.45, 7) is 0.946. The van der Waals surface area contributed by atoms with Crippen molar-refractivity contribution in [1.82, 2.24) is 9.97 Å². The van der Waals surface area contributed by atoms with Crippen molar-refractivity contribution in [2.24, 2.45) is 0 Å². The lowest BCUT2D eigenvalue weighted by Gasteiger charge is -2.06. The van der Waals surface area contributed by atoms with Crippen LogP contribution in [0.4, 0.5) is 5.82 Å². The van der Waals surface area contributed by atoms with E-state index in [4.69, 9.17) is 15.2 Å². The maximum atomic E-state index is 5.52. The fourth-order valence-corrected chi connectivity index (χ4v) is 1.01. The van der Waals surface area contributed by atoms with Crippen molar-refractivity contribution in [3.8, 4) is 5.88 Å². The monoisotopic (exact) mass is 247 g/mol. The molecular weight excluding hydrogens is 238 g/mol. The highest BCUT2D eigenvalue weighted by Crippen LogP contribution is 2.25. The maximum Gasteiger partial charge on any atom is 0.233 e. The van der Waals surface area contributed by atoms with Gasteiger partial charge in [0.05, 0.1) is 6.61 Å². The molecule has 0 saturated heterocycles. The fourth-order valence-electron chi connectivity index (χ4n) is 0.689. The number of halogens is 1. The Hall–Kier alpha value is -0.880. The van der Waals surface area contributed by atoms with Gasteiger partial charge in [0.15, 0.2) is 0 Å². The Labute approximate surface area is 84.4 Å². The van der Waals surface area contributed by atoms with E-state index in [-0.39, 0.29) is 0 Å². The lowest BCUT2D eigenvalue weighted by molar-refractivity contribution is 0.143. The predicted octanol–water partition coefficient (Wildman–Crippen LogP) is 0.847. The van der Waals surface area contributed by atoms with E-state index < -0.39 is 0 Å². The van der Waals surface area contributed by atoms with Gasteiger partial charge < -0.3 is 15.2 Å². The Bertz CT molecular complexity index is 282. The van der Waals surface area contributed by atoms with Gasteiger partial charge in [0.25, 0.3) is 0 Å². The molecule has 1 aromatic rings. The van der Waals surface area contributed by atoms with Crippen molar-refractivity contribution in [2.45, 2.75) is 0 Å². The largest absolute Gasteiger partial charge is 0.474 e. The molecule has 0 amide bonds. The van der Waals surface area contributed by atoms with E-state index in [1.807, 2.05) is 0 Å². The van der Waals surface area contributed by atoms with E-state index >= 15 is 0 Å². The SMILES string of the molecule is COCCOc1ncnc(N)c1Br. The summed E-state index contributed by atoms with van der Waals surface area (Å²) in [5, 5.41) is 0. The summed E-state index contributed by atoms with van der Waals surface area (Å²) in [5.41, 5.74) is 5.52. The van der Waals surface area contributed by atoms with Crippen LogP contribution in [0.2, 0.25) is 0 Å². The topological polar surface area (TPSA) is 70.3 Å². The van der Waals surface area contributed by atoms with Gasteiger partial charge in [-0.15, -0.1) is 0 Å². The molecule has 0 bridgehead atoms. The van der Waals surface area contributed by atoms with Crippen molar-refractivity contribution < 1.29 is 9.47 Å². The first kappa shape index (κ1) is 10.2. The van der Waals surface area contributed by atoms with Gasteiger partial charge >= 0.3 is 0 Å². The summed E-state index contributed by atoms with van der Waals surface area (Å²) in [6.07, 6.45) is 1.35. The average molecular weight is 248 g/mol. The molecule has 0 saturated carbocycles. The normalized spacial score (nSPS) is 10.0. The first-order valence-corrected chi connectivity index (χ1v) is 4.42. The number of hydrogen-bond donors (Lipinski definition) is 1. The van der Waals surface area contributed by atoms with E-state index in [1.165, 1.54) is 6.33 Å². The number of rotatable bonds is 4. The van der Waals surface area contributed by atoms with Crippen LogP contribution in [0.1, 0.15) is 0 Å². The molecule has 0 radical (unpaired) electrons. The molecule has 0 atom stereocenters. The van der Waals surface area contributed by atoms with Gasteiger partial charge in [-0.1, -0.05) is 0 Å². The highest BCUT2D eigenvalue weighted by molar-refractivity contribution is 9.10. The predicted molar refractivity (Wildman–Crippen MR) is 51.5 cm³/mol. The summed E-state index contributed by atoms with van der Waals surface area (Å²) in [5.74, 6) is 0.798. The molecule has 72 valence electrons. The van der Waals surface area contributed by atoms with Crippen LogP contribution in [-0.4, -0.2) is 30.3 Å². The molecule has 0 aliphatic rings. The zero-order chi connectivity index (χ0) is 9.68. The minimum absolute atomic E-state index is 0.363. The van der Waals surface area contributed by atoms with Gasteiger partial charge in [0.2, 0.25) is 5.88 Å². The van der Waals surface area contributed by atoms with Gasteiger partial charge in [-0.25, -0.2) is 9.97 Å². The van der Waals surface area contributed by atoms with Crippen molar-refractivity contribution in [1.29, 1.82) is 0 Å². The van der Waals surface area contributed by atoms with Crippen molar-refractivity contribution in [2.75, 3.05) is 26.1 Å². The molecule has 1 aromatic heterocycles. The molecular formula is C7H10BrN3O2. The summed E-state index contributed by atoms with van der Waals surface area (Å²) in [7, 11) is 1.60. The number of aromatic nitrogens is 2. The lowest BCUT2D eigenvalue weighted by Crippen LogP contribution is -2.07. The third kappa shape index (κ3) is 2.82. The molecule has 13 heavy (non-hydrogen) atoms. The summed E-state index contributed by atoms with van der Waals surface area (Å²) >= 11 is 3.22. The molecule has 5 nitrogen and oxygen atoms in total. The van der Waals surface area contributed by atoms with Gasteiger partial charge in [-0.2, -0.15) is 0 Å². The molecule has 2 N–H and O–H groups in total. The summed E-state index contributed by atoms with van der Waals surface area (Å²) in [4.78, 5) is 7.67. The second-order valence-corrected chi connectivity index (χ2v) is 3.01. The lowest BCUT2D eigenvalue weighted by atomic mass is 10.6. The first-order chi connectivity index (χ1) is 6.25. The Morgan fingerprint density at radius 3 is 2.92 bits per heavy atom. The number of hydrogen-bond acceptors (Lipinski definition) is 5. The molecule has 1 heterocycles. The smallest absolute Gasteiger partial charge is 0.233 e. The molecule has 6 heteroatoms. The molecule has 0 spiro atoms. The molecule has 1 rings (SSSR count). The number of nitrogens with two attached hydrogens (primary N) is 1. The van der Waals surface area contributed by atoms with Crippen LogP contribution in [0.15, 0.2) is 10.8 Å². The molecule has 0 unspecified atom stereocenters. The second-order valence-electron chi connectivity index (χ2n) is 2.22. The number of anilines is 1. The third-order valence-electron chi connectivity index (χ3n) is 1.31. The van der Waals surface area contributed by atoms with Crippen LogP contribution in [-0.2, 0) is 4.74 Å². The molecule has 0 aromatic carbocycles. The standard InChI is InChI=1S/C7H10BrN3O2/c1-12-2-3-13-7-5(8)6(9)10-4-11-7/h4H,2-3H2,1H3,(H2,9,10,11). The minimum Gasteiger partial charge on any atom is -0.474 e. The van der Waals surface area contributed by atoms with Crippen LogP contribution >= 0.6 is 15.9 Å². The Kier molecular flexibility index (Phi) is 3.91. The second kappa shape index (κ2) is 4.98. The number of ether oxygens (including phenoxy) is 2. The first-order valence-electron chi connectivity index (χ1n) is 3.63. The van der Waals surface area contributed by atoms with Crippen LogP contribution < -0.4 is 10.5 Å². The van der Waals surface area contributed by atoms with E-state index in [2.05, 4.69) is 25.9 Å². The molecule has 0 aliphatic heterocycles. The van der Waals surface area contributed by atoms with Crippen LogP contribution in [0, 0.1) is 0 Å². The van der Waals surface area contributed by atoms with E-state index in [9.17, 15) is 0 Å². The Balaban J connectivity index is 2.61. The van der Waals surface area contributed by atoms with Crippen LogP contribution in [0.5, 0.6) is 5.88 Å². The fraction of sp³-hybridized carbons (Fsp3) is 0.429. The average Bonchev–Trinajstić information content (AvgIpc) is 2.13. The Morgan fingerprint density at radius 1 is 1.46 bits per heavy atom. The number of nitrogens with zero attached hydrogens (tertiary/aromatic N) is 2. The summed E-state index contributed by atoms with van der Waals surface area (Å²) < 4.78 is 10.6. The third-order valence-corrected chi connectivity index (χ3v) is 2.06. The zero-order valence-corrected chi connectivity index (χ0v) is 8.74. The van der Waals surface area contributed by atoms with Crippen LogP contribution in [0.25, 0.3) is 0 Å². The summed E-state index contributed by atoms with van der Waals surface area (Å²) in [6, 6.07) is 0.